The van der Waals surface area contributed by atoms with Crippen molar-refractivity contribution in [1.29, 1.82) is 0 Å². The Kier molecular flexibility index (Phi) is 2.24. The molecule has 0 radical (unpaired) electrons. The van der Waals surface area contributed by atoms with Gasteiger partial charge in [0, 0.05) is 6.20 Å². The Morgan fingerprint density at radius 3 is 3.20 bits per heavy atom. The maximum absolute atomic E-state index is 10.9. The second kappa shape index (κ2) is 3.56. The first kappa shape index (κ1) is 9.45. The zero-order chi connectivity index (χ0) is 10.8. The second-order valence-electron chi connectivity index (χ2n) is 3.10. The van der Waals surface area contributed by atoms with Gasteiger partial charge in [0.05, 0.1) is 6.42 Å². The van der Waals surface area contributed by atoms with E-state index in [2.05, 4.69) is 10.3 Å². The predicted octanol–water partition coefficient (Wildman–Crippen LogP) is 0.0396. The molecule has 6 nitrogen and oxygen atoms in total. The van der Waals surface area contributed by atoms with Crippen molar-refractivity contribution in [1.82, 2.24) is 4.98 Å². The van der Waals surface area contributed by atoms with Gasteiger partial charge in [0.1, 0.15) is 0 Å². The summed E-state index contributed by atoms with van der Waals surface area (Å²) in [5.74, 6) is -0.452. The lowest BCUT2D eigenvalue weighted by molar-refractivity contribution is -0.136. The highest BCUT2D eigenvalue weighted by Crippen LogP contribution is 2.25. The van der Waals surface area contributed by atoms with Crippen LogP contribution in [0.4, 0.5) is 5.82 Å². The van der Waals surface area contributed by atoms with E-state index in [4.69, 9.17) is 9.84 Å². The van der Waals surface area contributed by atoms with E-state index in [9.17, 15) is 9.59 Å². The molecule has 78 valence electrons. The Hall–Kier alpha value is -2.11. The number of nitrogens with one attached hydrogen (secondary N) is 1. The lowest BCUT2D eigenvalue weighted by Crippen LogP contribution is -2.26. The largest absolute Gasteiger partial charge is 0.481 e. The Morgan fingerprint density at radius 1 is 1.67 bits per heavy atom. The summed E-state index contributed by atoms with van der Waals surface area (Å²) in [6, 6.07) is 1.57. The fourth-order valence-corrected chi connectivity index (χ4v) is 1.27. The van der Waals surface area contributed by atoms with E-state index in [-0.39, 0.29) is 18.9 Å². The molecular formula is C9H8N2O4. The lowest BCUT2D eigenvalue weighted by atomic mass is 10.2. The van der Waals surface area contributed by atoms with Crippen molar-refractivity contribution in [3.8, 4) is 5.75 Å². The Balaban J connectivity index is 2.26. The van der Waals surface area contributed by atoms with Gasteiger partial charge in [-0.1, -0.05) is 0 Å². The molecule has 0 spiro atoms. The number of carbonyl (C=O) groups excluding carboxylic acids is 1. The van der Waals surface area contributed by atoms with Crippen LogP contribution in [0.2, 0.25) is 0 Å². The lowest BCUT2D eigenvalue weighted by Gasteiger charge is -2.16. The van der Waals surface area contributed by atoms with Gasteiger partial charge in [-0.05, 0) is 11.6 Å². The van der Waals surface area contributed by atoms with E-state index in [1.165, 1.54) is 6.20 Å². The molecule has 0 saturated carbocycles. The number of carbonyl (C=O) groups is 2. The predicted molar refractivity (Wildman–Crippen MR) is 49.7 cm³/mol. The van der Waals surface area contributed by atoms with Gasteiger partial charge >= 0.3 is 5.97 Å². The van der Waals surface area contributed by atoms with Gasteiger partial charge in [0.15, 0.2) is 18.2 Å². The van der Waals surface area contributed by atoms with Crippen LogP contribution in [0.1, 0.15) is 5.56 Å². The minimum absolute atomic E-state index is 0.0643. The third-order valence-corrected chi connectivity index (χ3v) is 1.88. The summed E-state index contributed by atoms with van der Waals surface area (Å²) < 4.78 is 5.09. The van der Waals surface area contributed by atoms with Gasteiger partial charge in [0.2, 0.25) is 0 Å². The summed E-state index contributed by atoms with van der Waals surface area (Å²) in [6.45, 7) is -0.0643. The highest BCUT2D eigenvalue weighted by atomic mass is 16.5. The highest BCUT2D eigenvalue weighted by molar-refractivity contribution is 5.94. The monoisotopic (exact) mass is 208 g/mol. The molecule has 1 aromatic rings. The third kappa shape index (κ3) is 2.04. The minimum atomic E-state index is -0.934. The molecule has 2 N–H and O–H groups in total. The average molecular weight is 208 g/mol. The first-order chi connectivity index (χ1) is 7.15. The van der Waals surface area contributed by atoms with E-state index in [1.54, 1.807) is 6.07 Å². The summed E-state index contributed by atoms with van der Waals surface area (Å²) in [5, 5.41) is 11.1. The van der Waals surface area contributed by atoms with E-state index >= 15 is 0 Å². The third-order valence-electron chi connectivity index (χ3n) is 1.88. The topological polar surface area (TPSA) is 88.5 Å². The van der Waals surface area contributed by atoms with Crippen molar-refractivity contribution in [2.24, 2.45) is 0 Å². The number of ether oxygens (including phenoxy) is 1. The number of anilines is 1. The van der Waals surface area contributed by atoms with Crippen LogP contribution in [0.5, 0.6) is 5.75 Å². The molecule has 0 unspecified atom stereocenters. The number of carboxylic acid groups (broad SMARTS) is 1. The van der Waals surface area contributed by atoms with Gasteiger partial charge in [-0.25, -0.2) is 4.98 Å². The standard InChI is InChI=1S/C9H8N2O4/c12-7-4-15-6-1-5(2-8(13)14)3-10-9(6)11-7/h1,3H,2,4H2,(H,13,14)(H,10,11,12). The molecule has 1 amide bonds. The number of aliphatic carboxylic acids is 1. The SMILES string of the molecule is O=C(O)Cc1cnc2c(c1)OCC(=O)N2. The normalized spacial score (nSPS) is 13.7. The summed E-state index contributed by atoms with van der Waals surface area (Å²) in [4.78, 5) is 25.3. The summed E-state index contributed by atoms with van der Waals surface area (Å²) >= 11 is 0. The van der Waals surface area contributed by atoms with Crippen LogP contribution in [0.25, 0.3) is 0 Å². The molecular weight excluding hydrogens is 200 g/mol. The van der Waals surface area contributed by atoms with Crippen LogP contribution < -0.4 is 10.1 Å². The van der Waals surface area contributed by atoms with E-state index < -0.39 is 5.97 Å². The number of pyridine rings is 1. The fraction of sp³-hybridized carbons (Fsp3) is 0.222. The molecule has 2 rings (SSSR count). The molecule has 1 aliphatic heterocycles. The van der Waals surface area contributed by atoms with Gasteiger partial charge in [-0.2, -0.15) is 0 Å². The van der Waals surface area contributed by atoms with Crippen molar-refractivity contribution in [3.63, 3.8) is 0 Å². The number of aromatic nitrogens is 1. The number of amides is 1. The zero-order valence-corrected chi connectivity index (χ0v) is 7.69. The summed E-state index contributed by atoms with van der Waals surface area (Å²) in [5.41, 5.74) is 0.539. The first-order valence-corrected chi connectivity index (χ1v) is 4.28. The maximum atomic E-state index is 10.9. The van der Waals surface area contributed by atoms with Crippen LogP contribution in [0, 0.1) is 0 Å². The van der Waals surface area contributed by atoms with Crippen molar-refractivity contribution in [2.45, 2.75) is 6.42 Å². The molecule has 2 heterocycles. The number of nitrogens with zero attached hydrogens (tertiary/aromatic N) is 1. The Morgan fingerprint density at radius 2 is 2.47 bits per heavy atom. The highest BCUT2D eigenvalue weighted by Gasteiger charge is 2.17. The molecule has 0 atom stereocenters. The Bertz CT molecular complexity index is 430. The van der Waals surface area contributed by atoms with Gasteiger partial charge in [-0.3, -0.25) is 9.59 Å². The fourth-order valence-electron chi connectivity index (χ4n) is 1.27. The van der Waals surface area contributed by atoms with Crippen LogP contribution in [0.3, 0.4) is 0 Å². The molecule has 0 aromatic carbocycles. The number of carboxylic acids is 1. The Labute approximate surface area is 84.9 Å². The summed E-state index contributed by atoms with van der Waals surface area (Å²) in [7, 11) is 0. The number of rotatable bonds is 2. The molecule has 0 saturated heterocycles. The van der Waals surface area contributed by atoms with E-state index in [0.717, 1.165) is 0 Å². The van der Waals surface area contributed by atoms with E-state index in [0.29, 0.717) is 17.1 Å². The van der Waals surface area contributed by atoms with Crippen molar-refractivity contribution in [2.75, 3.05) is 11.9 Å². The number of hydrogen-bond donors (Lipinski definition) is 2. The average Bonchev–Trinajstić information content (AvgIpc) is 2.17. The maximum Gasteiger partial charge on any atom is 0.307 e. The van der Waals surface area contributed by atoms with Crippen molar-refractivity contribution < 1.29 is 19.4 Å². The van der Waals surface area contributed by atoms with Gasteiger partial charge in [0.25, 0.3) is 5.91 Å². The first-order valence-electron chi connectivity index (χ1n) is 4.28. The summed E-state index contributed by atoms with van der Waals surface area (Å²) in [6.07, 6.45) is 1.29. The van der Waals surface area contributed by atoms with Crippen LogP contribution in [-0.2, 0) is 16.0 Å². The molecule has 1 aliphatic rings. The number of hydrogen-bond acceptors (Lipinski definition) is 4. The van der Waals surface area contributed by atoms with E-state index in [1.807, 2.05) is 0 Å². The molecule has 1 aromatic heterocycles. The van der Waals surface area contributed by atoms with Gasteiger partial charge in [-0.15, -0.1) is 0 Å². The smallest absolute Gasteiger partial charge is 0.307 e. The van der Waals surface area contributed by atoms with Gasteiger partial charge < -0.3 is 15.2 Å². The quantitative estimate of drug-likeness (QED) is 0.716. The molecule has 0 fully saturated rings. The minimum Gasteiger partial charge on any atom is -0.481 e. The molecule has 6 heteroatoms. The second-order valence-corrected chi connectivity index (χ2v) is 3.10. The number of fused-ring (bicyclic) bond motifs is 1. The van der Waals surface area contributed by atoms with Crippen molar-refractivity contribution in [3.05, 3.63) is 17.8 Å². The molecule has 0 aliphatic carbocycles. The van der Waals surface area contributed by atoms with Crippen molar-refractivity contribution >= 4 is 17.7 Å². The van der Waals surface area contributed by atoms with Crippen LogP contribution >= 0.6 is 0 Å². The molecule has 15 heavy (non-hydrogen) atoms. The van der Waals surface area contributed by atoms with Crippen LogP contribution in [0.15, 0.2) is 12.3 Å². The molecule has 0 bridgehead atoms. The zero-order valence-electron chi connectivity index (χ0n) is 7.69. The van der Waals surface area contributed by atoms with Crippen LogP contribution in [-0.4, -0.2) is 28.6 Å².